The zero-order chi connectivity index (χ0) is 14.7. The lowest BCUT2D eigenvalue weighted by Gasteiger charge is -2.09. The van der Waals surface area contributed by atoms with Gasteiger partial charge in [-0.2, -0.15) is 0 Å². The largest absolute Gasteiger partial charge is 0.496 e. The third kappa shape index (κ3) is 3.20. The van der Waals surface area contributed by atoms with Crippen molar-refractivity contribution in [3.8, 4) is 5.75 Å². The number of nitrogens with two attached hydrogens (primary N) is 1. The third-order valence-electron chi connectivity index (χ3n) is 2.53. The number of halogens is 2. The second kappa shape index (κ2) is 6.11. The van der Waals surface area contributed by atoms with Gasteiger partial charge >= 0.3 is 0 Å². The van der Waals surface area contributed by atoms with Crippen LogP contribution in [0.3, 0.4) is 0 Å². The normalized spacial score (nSPS) is 10.2. The molecule has 5 nitrogen and oxygen atoms in total. The molecule has 104 valence electrons. The Morgan fingerprint density at radius 2 is 2.20 bits per heavy atom. The molecular weight excluding hydrogens is 346 g/mol. The number of hydrogen-bond acceptors (Lipinski definition) is 4. The quantitative estimate of drug-likeness (QED) is 0.884. The number of ether oxygens (including phenoxy) is 1. The Balaban J connectivity index is 2.23. The van der Waals surface area contributed by atoms with E-state index in [0.717, 1.165) is 4.47 Å². The highest BCUT2D eigenvalue weighted by Crippen LogP contribution is 2.28. The van der Waals surface area contributed by atoms with E-state index in [4.69, 9.17) is 22.1 Å². The van der Waals surface area contributed by atoms with E-state index in [2.05, 4.69) is 26.2 Å². The molecular formula is C13H11BrClN3O2. The topological polar surface area (TPSA) is 77.2 Å². The van der Waals surface area contributed by atoms with E-state index in [0.29, 0.717) is 11.4 Å². The van der Waals surface area contributed by atoms with Gasteiger partial charge < -0.3 is 15.8 Å². The van der Waals surface area contributed by atoms with E-state index in [1.807, 2.05) is 0 Å². The maximum absolute atomic E-state index is 12.1. The minimum Gasteiger partial charge on any atom is -0.496 e. The molecule has 0 fully saturated rings. The Morgan fingerprint density at radius 1 is 1.45 bits per heavy atom. The van der Waals surface area contributed by atoms with E-state index < -0.39 is 0 Å². The van der Waals surface area contributed by atoms with Crippen LogP contribution in [0.15, 0.2) is 34.9 Å². The number of amides is 1. The average Bonchev–Trinajstić information content (AvgIpc) is 2.41. The first-order valence-electron chi connectivity index (χ1n) is 5.57. The van der Waals surface area contributed by atoms with Crippen molar-refractivity contribution in [1.29, 1.82) is 0 Å². The molecule has 0 aliphatic carbocycles. The number of aromatic nitrogens is 1. The van der Waals surface area contributed by atoms with Gasteiger partial charge in [0.2, 0.25) is 0 Å². The zero-order valence-electron chi connectivity index (χ0n) is 10.5. The highest BCUT2D eigenvalue weighted by molar-refractivity contribution is 9.10. The van der Waals surface area contributed by atoms with Gasteiger partial charge in [0.1, 0.15) is 11.6 Å². The predicted molar refractivity (Wildman–Crippen MR) is 82.3 cm³/mol. The molecule has 7 heteroatoms. The van der Waals surface area contributed by atoms with Gasteiger partial charge in [-0.15, -0.1) is 0 Å². The fraction of sp³-hybridized carbons (Fsp3) is 0.0769. The van der Waals surface area contributed by atoms with Gasteiger partial charge in [-0.25, -0.2) is 4.98 Å². The Kier molecular flexibility index (Phi) is 4.46. The molecule has 0 radical (unpaired) electrons. The first kappa shape index (κ1) is 14.6. The maximum Gasteiger partial charge on any atom is 0.257 e. The molecule has 2 aromatic rings. The Bertz CT molecular complexity index is 664. The molecule has 0 bridgehead atoms. The molecule has 1 aromatic carbocycles. The lowest BCUT2D eigenvalue weighted by Crippen LogP contribution is -2.13. The standard InChI is InChI=1S/C13H11BrClN3O2/c1-20-11-3-2-7(4-9(11)14)18-13(19)8-5-12(16)17-6-10(8)15/h2-6H,1H3,(H2,16,17)(H,18,19). The van der Waals surface area contributed by atoms with Crippen LogP contribution in [0.5, 0.6) is 5.75 Å². The van der Waals surface area contributed by atoms with Crippen molar-refractivity contribution in [2.45, 2.75) is 0 Å². The molecule has 2 rings (SSSR count). The molecule has 1 amide bonds. The lowest BCUT2D eigenvalue weighted by atomic mass is 10.2. The molecule has 0 saturated heterocycles. The number of rotatable bonds is 3. The van der Waals surface area contributed by atoms with E-state index in [-0.39, 0.29) is 22.3 Å². The number of benzene rings is 1. The van der Waals surface area contributed by atoms with Crippen molar-refractivity contribution in [3.63, 3.8) is 0 Å². The van der Waals surface area contributed by atoms with Crippen LogP contribution in [-0.4, -0.2) is 18.0 Å². The molecule has 1 heterocycles. The molecule has 20 heavy (non-hydrogen) atoms. The summed E-state index contributed by atoms with van der Waals surface area (Å²) in [4.78, 5) is 15.9. The maximum atomic E-state index is 12.1. The van der Waals surface area contributed by atoms with Crippen molar-refractivity contribution in [1.82, 2.24) is 4.98 Å². The summed E-state index contributed by atoms with van der Waals surface area (Å²) < 4.78 is 5.85. The summed E-state index contributed by atoms with van der Waals surface area (Å²) in [6.07, 6.45) is 1.34. The van der Waals surface area contributed by atoms with Crippen LogP contribution >= 0.6 is 27.5 Å². The fourth-order valence-electron chi connectivity index (χ4n) is 1.57. The highest BCUT2D eigenvalue weighted by Gasteiger charge is 2.12. The zero-order valence-corrected chi connectivity index (χ0v) is 12.8. The van der Waals surface area contributed by atoms with Crippen LogP contribution in [0.25, 0.3) is 0 Å². The van der Waals surface area contributed by atoms with Crippen molar-refractivity contribution in [2.24, 2.45) is 0 Å². The summed E-state index contributed by atoms with van der Waals surface area (Å²) in [5, 5.41) is 2.97. The summed E-state index contributed by atoms with van der Waals surface area (Å²) in [6.45, 7) is 0. The van der Waals surface area contributed by atoms with Gasteiger partial charge in [-0.1, -0.05) is 11.6 Å². The average molecular weight is 357 g/mol. The third-order valence-corrected chi connectivity index (χ3v) is 3.45. The smallest absolute Gasteiger partial charge is 0.257 e. The number of hydrogen-bond donors (Lipinski definition) is 2. The van der Waals surface area contributed by atoms with Crippen LogP contribution in [0, 0.1) is 0 Å². The van der Waals surface area contributed by atoms with Crippen LogP contribution in [0.4, 0.5) is 11.5 Å². The Labute approximate surface area is 129 Å². The van der Waals surface area contributed by atoms with Crippen LogP contribution < -0.4 is 15.8 Å². The number of carbonyl (C=O) groups excluding carboxylic acids is 1. The Morgan fingerprint density at radius 3 is 2.85 bits per heavy atom. The molecule has 0 aliphatic rings. The van der Waals surface area contributed by atoms with Crippen LogP contribution in [0.2, 0.25) is 5.02 Å². The van der Waals surface area contributed by atoms with Crippen molar-refractivity contribution in [2.75, 3.05) is 18.2 Å². The van der Waals surface area contributed by atoms with Crippen molar-refractivity contribution < 1.29 is 9.53 Å². The number of anilines is 2. The molecule has 0 unspecified atom stereocenters. The minimum atomic E-state index is -0.360. The SMILES string of the molecule is COc1ccc(NC(=O)c2cc(N)ncc2Cl)cc1Br. The van der Waals surface area contributed by atoms with Gasteiger partial charge in [0.05, 0.1) is 22.2 Å². The summed E-state index contributed by atoms with van der Waals surface area (Å²) in [6, 6.07) is 6.62. The molecule has 1 aromatic heterocycles. The van der Waals surface area contributed by atoms with Gasteiger partial charge in [0.15, 0.2) is 0 Å². The first-order valence-corrected chi connectivity index (χ1v) is 6.74. The van der Waals surface area contributed by atoms with Crippen molar-refractivity contribution in [3.05, 3.63) is 45.5 Å². The Hall–Kier alpha value is -1.79. The summed E-state index contributed by atoms with van der Waals surface area (Å²) >= 11 is 9.28. The second-order valence-corrected chi connectivity index (χ2v) is 5.15. The van der Waals surface area contributed by atoms with E-state index in [9.17, 15) is 4.79 Å². The molecule has 0 spiro atoms. The van der Waals surface area contributed by atoms with Gasteiger partial charge in [0, 0.05) is 11.9 Å². The van der Waals surface area contributed by atoms with Crippen LogP contribution in [-0.2, 0) is 0 Å². The van der Waals surface area contributed by atoms with E-state index >= 15 is 0 Å². The summed E-state index contributed by atoms with van der Waals surface area (Å²) in [5.74, 6) is 0.547. The van der Waals surface area contributed by atoms with Gasteiger partial charge in [-0.05, 0) is 40.2 Å². The number of pyridine rings is 1. The predicted octanol–water partition coefficient (Wildman–Crippen LogP) is 3.34. The number of nitrogen functional groups attached to an aromatic ring is 1. The molecule has 0 saturated carbocycles. The molecule has 0 atom stereocenters. The minimum absolute atomic E-state index is 0.232. The van der Waals surface area contributed by atoms with Crippen molar-refractivity contribution >= 4 is 44.9 Å². The molecule has 0 aliphatic heterocycles. The number of nitrogens with one attached hydrogen (secondary N) is 1. The monoisotopic (exact) mass is 355 g/mol. The lowest BCUT2D eigenvalue weighted by molar-refractivity contribution is 0.102. The van der Waals surface area contributed by atoms with Gasteiger partial charge in [0.25, 0.3) is 5.91 Å². The highest BCUT2D eigenvalue weighted by atomic mass is 79.9. The number of methoxy groups -OCH3 is 1. The van der Waals surface area contributed by atoms with E-state index in [1.165, 1.54) is 12.3 Å². The summed E-state index contributed by atoms with van der Waals surface area (Å²) in [7, 11) is 1.57. The van der Waals surface area contributed by atoms with Crippen LogP contribution in [0.1, 0.15) is 10.4 Å². The second-order valence-electron chi connectivity index (χ2n) is 3.89. The fourth-order valence-corrected chi connectivity index (χ4v) is 2.30. The number of carbonyl (C=O) groups is 1. The number of nitrogens with zero attached hydrogens (tertiary/aromatic N) is 1. The summed E-state index contributed by atoms with van der Waals surface area (Å²) in [5.41, 5.74) is 6.42. The van der Waals surface area contributed by atoms with Gasteiger partial charge in [-0.3, -0.25) is 4.79 Å². The first-order chi connectivity index (χ1) is 9.51. The molecule has 3 N–H and O–H groups in total. The van der Waals surface area contributed by atoms with E-state index in [1.54, 1.807) is 25.3 Å².